The lowest BCUT2D eigenvalue weighted by molar-refractivity contribution is 0.0453. The predicted octanol–water partition coefficient (Wildman–Crippen LogP) is 4.42. The summed E-state index contributed by atoms with van der Waals surface area (Å²) in [6.07, 6.45) is 0.760. The second-order valence-corrected chi connectivity index (χ2v) is 7.21. The topological polar surface area (TPSA) is 43.0 Å². The van der Waals surface area contributed by atoms with Crippen molar-refractivity contribution in [1.29, 1.82) is 0 Å². The van der Waals surface area contributed by atoms with Crippen LogP contribution < -0.4 is 24.4 Å². The SMILES string of the molecule is CCOc1ccccc1N1C(=S)N[C@H]2C[C@@]1(C)Oc1c(OCC)cccc12. The van der Waals surface area contributed by atoms with Crippen molar-refractivity contribution < 1.29 is 14.2 Å². The summed E-state index contributed by atoms with van der Waals surface area (Å²) in [5.74, 6) is 2.34. The first-order valence-electron chi connectivity index (χ1n) is 9.34. The quantitative estimate of drug-likeness (QED) is 0.770. The van der Waals surface area contributed by atoms with Gasteiger partial charge in [0.1, 0.15) is 5.75 Å². The van der Waals surface area contributed by atoms with Crippen molar-refractivity contribution >= 4 is 23.0 Å². The van der Waals surface area contributed by atoms with Crippen LogP contribution in [0.4, 0.5) is 5.69 Å². The van der Waals surface area contributed by atoms with Gasteiger partial charge in [-0.15, -0.1) is 0 Å². The van der Waals surface area contributed by atoms with Crippen LogP contribution in [0.1, 0.15) is 38.8 Å². The maximum absolute atomic E-state index is 6.56. The number of ether oxygens (including phenoxy) is 3. The third-order valence-electron chi connectivity index (χ3n) is 4.97. The first-order chi connectivity index (χ1) is 13.1. The number of thiocarbonyl (C=S) groups is 1. The molecule has 1 fully saturated rings. The van der Waals surface area contributed by atoms with E-state index in [2.05, 4.69) is 18.3 Å². The van der Waals surface area contributed by atoms with E-state index in [4.69, 9.17) is 26.4 Å². The van der Waals surface area contributed by atoms with Crippen LogP contribution in [0.15, 0.2) is 42.5 Å². The molecule has 0 aliphatic carbocycles. The number of benzene rings is 2. The van der Waals surface area contributed by atoms with E-state index in [0.717, 1.165) is 34.9 Å². The zero-order valence-corrected chi connectivity index (χ0v) is 16.6. The van der Waals surface area contributed by atoms with Crippen LogP contribution in [-0.2, 0) is 0 Å². The van der Waals surface area contributed by atoms with Gasteiger partial charge in [-0.25, -0.2) is 0 Å². The maximum atomic E-state index is 6.56. The minimum atomic E-state index is -0.638. The highest BCUT2D eigenvalue weighted by atomic mass is 32.1. The Morgan fingerprint density at radius 2 is 1.81 bits per heavy atom. The number of rotatable bonds is 5. The van der Waals surface area contributed by atoms with Gasteiger partial charge in [0.05, 0.1) is 24.9 Å². The van der Waals surface area contributed by atoms with Crippen LogP contribution in [0.2, 0.25) is 0 Å². The number of anilines is 1. The fraction of sp³-hybridized carbons (Fsp3) is 0.381. The number of nitrogens with one attached hydrogen (secondary N) is 1. The summed E-state index contributed by atoms with van der Waals surface area (Å²) < 4.78 is 18.2. The molecule has 0 unspecified atom stereocenters. The molecule has 2 aromatic rings. The molecular weight excluding hydrogens is 360 g/mol. The van der Waals surface area contributed by atoms with Crippen LogP contribution in [-0.4, -0.2) is 24.1 Å². The van der Waals surface area contributed by atoms with Crippen molar-refractivity contribution in [3.05, 3.63) is 48.0 Å². The number of hydrogen-bond donors (Lipinski definition) is 1. The molecule has 2 atom stereocenters. The molecule has 1 N–H and O–H groups in total. The van der Waals surface area contributed by atoms with Crippen LogP contribution in [0.25, 0.3) is 0 Å². The van der Waals surface area contributed by atoms with Gasteiger partial charge in [-0.1, -0.05) is 24.3 Å². The Hall–Kier alpha value is -2.47. The summed E-state index contributed by atoms with van der Waals surface area (Å²) in [6, 6.07) is 14.0. The summed E-state index contributed by atoms with van der Waals surface area (Å²) in [5.41, 5.74) is 1.34. The number of para-hydroxylation sites is 3. The van der Waals surface area contributed by atoms with Gasteiger partial charge >= 0.3 is 0 Å². The molecule has 2 aliphatic heterocycles. The fourth-order valence-electron chi connectivity index (χ4n) is 3.91. The van der Waals surface area contributed by atoms with Gasteiger partial charge in [-0.3, -0.25) is 4.90 Å². The molecule has 2 heterocycles. The van der Waals surface area contributed by atoms with E-state index in [-0.39, 0.29) is 6.04 Å². The van der Waals surface area contributed by atoms with E-state index in [9.17, 15) is 0 Å². The Kier molecular flexibility index (Phi) is 4.60. The average Bonchev–Trinajstić information content (AvgIpc) is 2.64. The molecule has 0 saturated carbocycles. The van der Waals surface area contributed by atoms with Gasteiger partial charge in [0.2, 0.25) is 0 Å². The largest absolute Gasteiger partial charge is 0.492 e. The van der Waals surface area contributed by atoms with Crippen molar-refractivity contribution in [3.8, 4) is 17.2 Å². The number of fused-ring (bicyclic) bond motifs is 4. The second-order valence-electron chi connectivity index (χ2n) is 6.83. The van der Waals surface area contributed by atoms with E-state index in [1.54, 1.807) is 0 Å². The van der Waals surface area contributed by atoms with Crippen molar-refractivity contribution in [3.63, 3.8) is 0 Å². The highest BCUT2D eigenvalue weighted by Gasteiger charge is 2.49. The number of nitrogens with zero attached hydrogens (tertiary/aromatic N) is 1. The summed E-state index contributed by atoms with van der Waals surface area (Å²) >= 11 is 5.74. The Labute approximate surface area is 165 Å². The first-order valence-corrected chi connectivity index (χ1v) is 9.75. The molecular formula is C21H24N2O3S. The van der Waals surface area contributed by atoms with Gasteiger partial charge in [0.15, 0.2) is 22.3 Å². The standard InChI is InChI=1S/C21H24N2O3S/c1-4-24-17-11-7-6-10-16(17)23-20(27)22-15-13-21(23,3)26-19-14(15)9-8-12-18(19)25-5-2/h6-12,15H,4-5,13H2,1-3H3,(H,22,27)/t15-,21+/m0/s1. The predicted molar refractivity (Wildman–Crippen MR) is 110 cm³/mol. The van der Waals surface area contributed by atoms with Crippen LogP contribution in [0, 0.1) is 0 Å². The second kappa shape index (κ2) is 6.93. The molecule has 5 nitrogen and oxygen atoms in total. The molecule has 27 heavy (non-hydrogen) atoms. The molecule has 0 amide bonds. The molecule has 2 aliphatic rings. The van der Waals surface area contributed by atoms with Crippen LogP contribution in [0.5, 0.6) is 17.2 Å². The Balaban J connectivity index is 1.80. The zero-order chi connectivity index (χ0) is 19.0. The van der Waals surface area contributed by atoms with Gasteiger partial charge in [-0.05, 0) is 51.2 Å². The lowest BCUT2D eigenvalue weighted by Crippen LogP contribution is -2.65. The first kappa shape index (κ1) is 17.9. The maximum Gasteiger partial charge on any atom is 0.188 e. The monoisotopic (exact) mass is 384 g/mol. The van der Waals surface area contributed by atoms with Crippen LogP contribution in [0.3, 0.4) is 0 Å². The van der Waals surface area contributed by atoms with E-state index in [0.29, 0.717) is 18.3 Å². The summed E-state index contributed by atoms with van der Waals surface area (Å²) in [6.45, 7) is 7.19. The minimum absolute atomic E-state index is 0.0853. The number of hydrogen-bond acceptors (Lipinski definition) is 4. The molecule has 2 bridgehead atoms. The fourth-order valence-corrected chi connectivity index (χ4v) is 4.35. The molecule has 142 valence electrons. The lowest BCUT2D eigenvalue weighted by atomic mass is 9.90. The summed E-state index contributed by atoms with van der Waals surface area (Å²) in [7, 11) is 0. The Morgan fingerprint density at radius 3 is 2.59 bits per heavy atom. The third kappa shape index (κ3) is 2.98. The molecule has 4 rings (SSSR count). The Bertz CT molecular complexity index is 872. The van der Waals surface area contributed by atoms with Crippen LogP contribution >= 0.6 is 12.2 Å². The molecule has 0 aromatic heterocycles. The molecule has 6 heteroatoms. The highest BCUT2D eigenvalue weighted by Crippen LogP contribution is 2.50. The van der Waals surface area contributed by atoms with Gasteiger partial charge in [0, 0.05) is 12.0 Å². The van der Waals surface area contributed by atoms with Crippen molar-refractivity contribution in [1.82, 2.24) is 5.32 Å². The van der Waals surface area contributed by atoms with Crippen molar-refractivity contribution in [2.45, 2.75) is 39.0 Å². The molecule has 2 aromatic carbocycles. The lowest BCUT2D eigenvalue weighted by Gasteiger charge is -2.52. The van der Waals surface area contributed by atoms with Crippen molar-refractivity contribution in [2.24, 2.45) is 0 Å². The summed E-state index contributed by atoms with van der Waals surface area (Å²) in [5, 5.41) is 4.12. The van der Waals surface area contributed by atoms with Gasteiger partial charge < -0.3 is 19.5 Å². The molecule has 0 spiro atoms. The average molecular weight is 385 g/mol. The minimum Gasteiger partial charge on any atom is -0.492 e. The van der Waals surface area contributed by atoms with E-state index < -0.39 is 5.72 Å². The normalized spacial score (nSPS) is 23.1. The van der Waals surface area contributed by atoms with Crippen molar-refractivity contribution in [2.75, 3.05) is 18.1 Å². The van der Waals surface area contributed by atoms with E-state index >= 15 is 0 Å². The third-order valence-corrected chi connectivity index (χ3v) is 5.27. The highest BCUT2D eigenvalue weighted by molar-refractivity contribution is 7.80. The summed E-state index contributed by atoms with van der Waals surface area (Å²) in [4.78, 5) is 2.02. The van der Waals surface area contributed by atoms with Gasteiger partial charge in [-0.2, -0.15) is 0 Å². The van der Waals surface area contributed by atoms with E-state index in [1.807, 2.05) is 55.1 Å². The Morgan fingerprint density at radius 1 is 1.11 bits per heavy atom. The van der Waals surface area contributed by atoms with Gasteiger partial charge in [0.25, 0.3) is 0 Å². The molecule has 1 saturated heterocycles. The smallest absolute Gasteiger partial charge is 0.188 e. The zero-order valence-electron chi connectivity index (χ0n) is 15.8. The molecule has 0 radical (unpaired) electrons. The van der Waals surface area contributed by atoms with E-state index in [1.165, 1.54) is 0 Å².